The fourth-order valence-electron chi connectivity index (χ4n) is 7.47. The number of benzene rings is 1. The summed E-state index contributed by atoms with van der Waals surface area (Å²) in [5.74, 6) is 1.48. The number of halogens is 1. The van der Waals surface area contributed by atoms with Crippen LogP contribution in [0.3, 0.4) is 0 Å². The Hall–Kier alpha value is -4.66. The molecule has 2 aliphatic heterocycles. The maximum Gasteiger partial charge on any atom is 0.257 e. The summed E-state index contributed by atoms with van der Waals surface area (Å²) in [6.07, 6.45) is 15.6. The summed E-state index contributed by atoms with van der Waals surface area (Å²) in [5.41, 5.74) is 3.22. The second kappa shape index (κ2) is 14.7. The van der Waals surface area contributed by atoms with E-state index in [2.05, 4.69) is 45.4 Å². The fraction of sp³-hybridized carbons (Fsp3) is 0.457. The number of morpholine rings is 1. The maximum absolute atomic E-state index is 6.48. The van der Waals surface area contributed by atoms with Gasteiger partial charge in [-0.1, -0.05) is 23.7 Å². The first-order chi connectivity index (χ1) is 24.6. The van der Waals surface area contributed by atoms with Gasteiger partial charge in [-0.15, -0.1) is 10.2 Å². The van der Waals surface area contributed by atoms with Gasteiger partial charge in [-0.2, -0.15) is 0 Å². The molecule has 1 saturated carbocycles. The van der Waals surface area contributed by atoms with Crippen LogP contribution in [0, 0.1) is 0 Å². The van der Waals surface area contributed by atoms with Crippen LogP contribution in [0.2, 0.25) is 5.02 Å². The van der Waals surface area contributed by atoms with E-state index in [9.17, 15) is 0 Å². The molecule has 0 unspecified atom stereocenters. The molecule has 3 fully saturated rings. The molecule has 14 nitrogen and oxygen atoms in total. The summed E-state index contributed by atoms with van der Waals surface area (Å²) in [7, 11) is 0. The fourth-order valence-corrected chi connectivity index (χ4v) is 7.64. The summed E-state index contributed by atoms with van der Waals surface area (Å²) < 4.78 is 21.9. The van der Waals surface area contributed by atoms with Crippen molar-refractivity contribution in [1.82, 2.24) is 49.8 Å². The van der Waals surface area contributed by atoms with Crippen LogP contribution in [0.1, 0.15) is 57.2 Å². The number of nitrogens with zero attached hydrogens (tertiary/aromatic N) is 10. The SMILES string of the molecule is C[C@@H](Cn1cnnn1)Oc1cc(-c2cnc(Nc3cn([C@H]4CC[C@H](N5[C@@H]6CC[C@H]5COC6)CC4)nc3OCc3ccccn3)nc2)ccc1Cl. The Kier molecular flexibility index (Phi) is 9.55. The number of pyridine rings is 1. The van der Waals surface area contributed by atoms with Gasteiger partial charge in [-0.25, -0.2) is 14.6 Å². The Balaban J connectivity index is 0.958. The van der Waals surface area contributed by atoms with Crippen LogP contribution in [-0.2, 0) is 17.9 Å². The second-order valence-corrected chi connectivity index (χ2v) is 13.7. The number of ether oxygens (including phenoxy) is 3. The van der Waals surface area contributed by atoms with Crippen molar-refractivity contribution in [3.05, 3.63) is 78.2 Å². The van der Waals surface area contributed by atoms with Crippen LogP contribution in [0.25, 0.3) is 11.1 Å². The smallest absolute Gasteiger partial charge is 0.257 e. The first-order valence-corrected chi connectivity index (χ1v) is 17.7. The minimum atomic E-state index is -0.209. The summed E-state index contributed by atoms with van der Waals surface area (Å²) in [6.45, 7) is 4.47. The standard InChI is InChI=1S/C35H40ClN11O3/c1-23(17-45-22-40-43-44-45)50-33-14-24(5-12-31(33)36)25-15-38-35(39-16-25)41-32-18-46(42-34(32)49-19-26-4-2-3-13-37-26)27-6-8-28(9-7-27)47-29-10-11-30(47)21-48-20-29/h2-5,12-16,18,22-23,27-30H,6-11,17,19-21H2,1H3,(H,38,39,41)/t23-,27-,28-,29-,30+/m0/s1. The summed E-state index contributed by atoms with van der Waals surface area (Å²) in [6, 6.07) is 13.5. The highest BCUT2D eigenvalue weighted by Gasteiger charge is 2.42. The molecule has 6 heterocycles. The molecule has 3 atom stereocenters. The molecule has 2 saturated heterocycles. The number of rotatable bonds is 12. The van der Waals surface area contributed by atoms with Gasteiger partial charge in [-0.3, -0.25) is 14.6 Å². The topological polar surface area (TPSA) is 143 Å². The third-order valence-electron chi connectivity index (χ3n) is 9.87. The molecule has 5 aromatic rings. The molecule has 50 heavy (non-hydrogen) atoms. The van der Waals surface area contributed by atoms with Crippen LogP contribution >= 0.6 is 11.6 Å². The first-order valence-electron chi connectivity index (χ1n) is 17.3. The molecule has 260 valence electrons. The van der Waals surface area contributed by atoms with Gasteiger partial charge in [0.05, 0.1) is 42.7 Å². The minimum Gasteiger partial charge on any atom is -0.487 e. The summed E-state index contributed by atoms with van der Waals surface area (Å²) in [4.78, 5) is 16.5. The van der Waals surface area contributed by atoms with Crippen molar-refractivity contribution in [3.63, 3.8) is 0 Å². The van der Waals surface area contributed by atoms with Crippen LogP contribution in [-0.4, -0.2) is 87.3 Å². The molecule has 8 rings (SSSR count). The van der Waals surface area contributed by atoms with E-state index in [4.69, 9.17) is 30.9 Å². The molecule has 0 amide bonds. The lowest BCUT2D eigenvalue weighted by molar-refractivity contribution is -0.0458. The molecule has 3 aliphatic rings. The van der Waals surface area contributed by atoms with Crippen LogP contribution in [0.5, 0.6) is 11.6 Å². The number of tetrazole rings is 1. The van der Waals surface area contributed by atoms with Gasteiger partial charge in [0.25, 0.3) is 5.88 Å². The van der Waals surface area contributed by atoms with Gasteiger partial charge in [0.15, 0.2) is 0 Å². The average molecular weight is 698 g/mol. The van der Waals surface area contributed by atoms with Gasteiger partial charge in [0.2, 0.25) is 5.95 Å². The average Bonchev–Trinajstić information content (AvgIpc) is 3.87. The number of nitrogens with one attached hydrogen (secondary N) is 1. The molecule has 2 bridgehead atoms. The highest BCUT2D eigenvalue weighted by molar-refractivity contribution is 6.32. The Morgan fingerprint density at radius 3 is 2.46 bits per heavy atom. The Morgan fingerprint density at radius 1 is 0.940 bits per heavy atom. The molecular formula is C35H40ClN11O3. The molecule has 4 aromatic heterocycles. The maximum atomic E-state index is 6.48. The lowest BCUT2D eigenvalue weighted by atomic mass is 9.89. The zero-order chi connectivity index (χ0) is 33.9. The van der Waals surface area contributed by atoms with Gasteiger partial charge in [0, 0.05) is 42.3 Å². The Labute approximate surface area is 295 Å². The molecule has 0 spiro atoms. The van der Waals surface area contributed by atoms with Crippen LogP contribution in [0.4, 0.5) is 11.6 Å². The van der Waals surface area contributed by atoms with E-state index in [1.165, 1.54) is 12.8 Å². The van der Waals surface area contributed by atoms with E-state index in [0.29, 0.717) is 59.6 Å². The highest BCUT2D eigenvalue weighted by atomic mass is 35.5. The summed E-state index contributed by atoms with van der Waals surface area (Å²) >= 11 is 6.48. The van der Waals surface area contributed by atoms with E-state index in [-0.39, 0.29) is 12.1 Å². The second-order valence-electron chi connectivity index (χ2n) is 13.3. The monoisotopic (exact) mass is 697 g/mol. The molecule has 1 N–H and O–H groups in total. The zero-order valence-corrected chi connectivity index (χ0v) is 28.6. The first kappa shape index (κ1) is 32.5. The molecule has 0 radical (unpaired) electrons. The van der Waals surface area contributed by atoms with E-state index in [0.717, 1.165) is 55.7 Å². The lowest BCUT2D eigenvalue weighted by Gasteiger charge is -2.43. The largest absolute Gasteiger partial charge is 0.487 e. The lowest BCUT2D eigenvalue weighted by Crippen LogP contribution is -2.52. The highest BCUT2D eigenvalue weighted by Crippen LogP contribution is 2.40. The van der Waals surface area contributed by atoms with Crippen molar-refractivity contribution in [3.8, 4) is 22.8 Å². The molecular weight excluding hydrogens is 658 g/mol. The Morgan fingerprint density at radius 2 is 1.72 bits per heavy atom. The Bertz CT molecular complexity index is 1830. The van der Waals surface area contributed by atoms with Crippen molar-refractivity contribution in [2.24, 2.45) is 0 Å². The van der Waals surface area contributed by atoms with Gasteiger partial charge >= 0.3 is 0 Å². The van der Waals surface area contributed by atoms with Crippen LogP contribution < -0.4 is 14.8 Å². The van der Waals surface area contributed by atoms with E-state index < -0.39 is 0 Å². The predicted octanol–water partition coefficient (Wildman–Crippen LogP) is 5.51. The number of aromatic nitrogens is 9. The van der Waals surface area contributed by atoms with Gasteiger partial charge in [0.1, 0.15) is 30.5 Å². The van der Waals surface area contributed by atoms with E-state index in [1.54, 1.807) is 35.7 Å². The predicted molar refractivity (Wildman–Crippen MR) is 185 cm³/mol. The third-order valence-corrected chi connectivity index (χ3v) is 10.2. The summed E-state index contributed by atoms with van der Waals surface area (Å²) in [5, 5.41) is 20.0. The van der Waals surface area contributed by atoms with Gasteiger partial charge in [-0.05, 0) is 85.7 Å². The minimum absolute atomic E-state index is 0.209. The van der Waals surface area contributed by atoms with E-state index >= 15 is 0 Å². The number of hydrogen-bond acceptors (Lipinski definition) is 12. The third kappa shape index (κ3) is 7.28. The van der Waals surface area contributed by atoms with Crippen LogP contribution in [0.15, 0.2) is 67.5 Å². The van der Waals surface area contributed by atoms with E-state index in [1.807, 2.05) is 43.5 Å². The number of anilines is 2. The quantitative estimate of drug-likeness (QED) is 0.176. The van der Waals surface area contributed by atoms with Crippen molar-refractivity contribution in [1.29, 1.82) is 0 Å². The molecule has 1 aromatic carbocycles. The van der Waals surface area contributed by atoms with Crippen molar-refractivity contribution >= 4 is 23.2 Å². The van der Waals surface area contributed by atoms with Crippen molar-refractivity contribution in [2.75, 3.05) is 18.5 Å². The normalized spacial score (nSPS) is 22.7. The molecule has 1 aliphatic carbocycles. The van der Waals surface area contributed by atoms with Crippen molar-refractivity contribution in [2.45, 2.75) is 88.9 Å². The van der Waals surface area contributed by atoms with Crippen molar-refractivity contribution < 1.29 is 14.2 Å². The number of hydrogen-bond donors (Lipinski definition) is 1. The number of fused-ring (bicyclic) bond motifs is 2. The molecule has 15 heteroatoms. The van der Waals surface area contributed by atoms with Gasteiger partial charge < -0.3 is 19.5 Å². The zero-order valence-electron chi connectivity index (χ0n) is 27.9.